The fourth-order valence-corrected chi connectivity index (χ4v) is 2.09. The zero-order valence-electron chi connectivity index (χ0n) is 8.90. The van der Waals surface area contributed by atoms with Gasteiger partial charge in [-0.2, -0.15) is 0 Å². The second-order valence-corrected chi connectivity index (χ2v) is 4.85. The standard InChI is InChI=1S/C10H15NO2S/c1-10(2,3)11(9(12)13-4)8-6-5-7-14-8/h5-7H,1-4H3. The van der Waals surface area contributed by atoms with Crippen LogP contribution in [0.15, 0.2) is 17.5 Å². The molecule has 1 rings (SSSR count). The molecule has 0 radical (unpaired) electrons. The van der Waals surface area contributed by atoms with E-state index in [1.165, 1.54) is 18.4 Å². The van der Waals surface area contributed by atoms with E-state index in [0.29, 0.717) is 0 Å². The van der Waals surface area contributed by atoms with Crippen molar-refractivity contribution in [1.82, 2.24) is 0 Å². The molecule has 0 saturated heterocycles. The lowest BCUT2D eigenvalue weighted by molar-refractivity contribution is 0.173. The van der Waals surface area contributed by atoms with Gasteiger partial charge in [-0.15, -0.1) is 11.3 Å². The number of rotatable bonds is 1. The highest BCUT2D eigenvalue weighted by atomic mass is 32.1. The Balaban J connectivity index is 3.01. The van der Waals surface area contributed by atoms with Crippen molar-refractivity contribution >= 4 is 22.4 Å². The number of hydrogen-bond donors (Lipinski definition) is 0. The Labute approximate surface area is 88.3 Å². The summed E-state index contributed by atoms with van der Waals surface area (Å²) >= 11 is 1.53. The molecule has 1 aromatic rings. The normalized spacial score (nSPS) is 11.1. The molecule has 0 aromatic carbocycles. The fraction of sp³-hybridized carbons (Fsp3) is 0.500. The van der Waals surface area contributed by atoms with Gasteiger partial charge < -0.3 is 4.74 Å². The van der Waals surface area contributed by atoms with E-state index in [0.717, 1.165) is 5.00 Å². The molecule has 4 heteroatoms. The van der Waals surface area contributed by atoms with Crippen molar-refractivity contribution in [2.75, 3.05) is 12.0 Å². The van der Waals surface area contributed by atoms with E-state index in [4.69, 9.17) is 4.74 Å². The van der Waals surface area contributed by atoms with Crippen LogP contribution in [0.4, 0.5) is 9.80 Å². The topological polar surface area (TPSA) is 29.5 Å². The van der Waals surface area contributed by atoms with Gasteiger partial charge in [0.1, 0.15) is 5.00 Å². The van der Waals surface area contributed by atoms with Gasteiger partial charge in [-0.3, -0.25) is 4.90 Å². The molecule has 0 aliphatic heterocycles. The summed E-state index contributed by atoms with van der Waals surface area (Å²) in [6.45, 7) is 5.93. The van der Waals surface area contributed by atoms with Crippen molar-refractivity contribution in [3.05, 3.63) is 17.5 Å². The minimum atomic E-state index is -0.319. The molecule has 0 atom stereocenters. The van der Waals surface area contributed by atoms with Crippen LogP contribution in [-0.4, -0.2) is 18.7 Å². The maximum absolute atomic E-state index is 11.6. The van der Waals surface area contributed by atoms with E-state index in [1.54, 1.807) is 4.90 Å². The van der Waals surface area contributed by atoms with Crippen LogP contribution in [0.25, 0.3) is 0 Å². The van der Waals surface area contributed by atoms with Gasteiger partial charge in [0.2, 0.25) is 0 Å². The molecule has 1 aromatic heterocycles. The maximum Gasteiger partial charge on any atom is 0.415 e. The van der Waals surface area contributed by atoms with Crippen molar-refractivity contribution in [1.29, 1.82) is 0 Å². The van der Waals surface area contributed by atoms with E-state index in [-0.39, 0.29) is 11.6 Å². The van der Waals surface area contributed by atoms with E-state index in [9.17, 15) is 4.79 Å². The Morgan fingerprint density at radius 3 is 2.50 bits per heavy atom. The molecule has 0 saturated carbocycles. The minimum absolute atomic E-state index is 0.266. The van der Waals surface area contributed by atoms with Crippen LogP contribution in [0, 0.1) is 0 Å². The molecule has 1 amide bonds. The smallest absolute Gasteiger partial charge is 0.415 e. The quantitative estimate of drug-likeness (QED) is 0.717. The summed E-state index contributed by atoms with van der Waals surface area (Å²) < 4.78 is 4.76. The largest absolute Gasteiger partial charge is 0.452 e. The van der Waals surface area contributed by atoms with E-state index >= 15 is 0 Å². The van der Waals surface area contributed by atoms with Crippen LogP contribution in [0.3, 0.4) is 0 Å². The van der Waals surface area contributed by atoms with Gasteiger partial charge in [-0.05, 0) is 38.3 Å². The predicted molar refractivity (Wildman–Crippen MR) is 59.0 cm³/mol. The zero-order chi connectivity index (χ0) is 10.8. The molecule has 1 heterocycles. The number of methoxy groups -OCH3 is 1. The van der Waals surface area contributed by atoms with E-state index < -0.39 is 0 Å². The van der Waals surface area contributed by atoms with Crippen LogP contribution in [0.2, 0.25) is 0 Å². The number of carbonyl (C=O) groups excluding carboxylic acids is 1. The van der Waals surface area contributed by atoms with Gasteiger partial charge in [-0.25, -0.2) is 4.79 Å². The highest BCUT2D eigenvalue weighted by molar-refractivity contribution is 7.14. The molecule has 14 heavy (non-hydrogen) atoms. The molecule has 0 bridgehead atoms. The van der Waals surface area contributed by atoms with E-state index in [1.807, 2.05) is 38.3 Å². The minimum Gasteiger partial charge on any atom is -0.452 e. The monoisotopic (exact) mass is 213 g/mol. The molecule has 0 fully saturated rings. The zero-order valence-corrected chi connectivity index (χ0v) is 9.72. The third-order valence-corrected chi connectivity index (χ3v) is 2.61. The lowest BCUT2D eigenvalue weighted by Gasteiger charge is -2.32. The molecule has 0 aliphatic rings. The first kappa shape index (κ1) is 11.0. The number of carbonyl (C=O) groups is 1. The maximum atomic E-state index is 11.6. The first-order valence-corrected chi connectivity index (χ1v) is 5.26. The van der Waals surface area contributed by atoms with Crippen LogP contribution < -0.4 is 4.90 Å². The lowest BCUT2D eigenvalue weighted by atomic mass is 10.1. The molecule has 78 valence electrons. The van der Waals surface area contributed by atoms with Gasteiger partial charge >= 0.3 is 6.09 Å². The van der Waals surface area contributed by atoms with Gasteiger partial charge in [-0.1, -0.05) is 0 Å². The van der Waals surface area contributed by atoms with Crippen LogP contribution >= 0.6 is 11.3 Å². The third-order valence-electron chi connectivity index (χ3n) is 1.75. The number of hydrogen-bond acceptors (Lipinski definition) is 3. The van der Waals surface area contributed by atoms with Crippen LogP contribution in [0.1, 0.15) is 20.8 Å². The molecule has 0 aliphatic carbocycles. The van der Waals surface area contributed by atoms with Crippen LogP contribution in [0.5, 0.6) is 0 Å². The summed E-state index contributed by atoms with van der Waals surface area (Å²) in [5.41, 5.74) is -0.266. The molecule has 0 N–H and O–H groups in total. The molecule has 3 nitrogen and oxygen atoms in total. The number of nitrogens with zero attached hydrogens (tertiary/aromatic N) is 1. The highest BCUT2D eigenvalue weighted by Crippen LogP contribution is 2.28. The van der Waals surface area contributed by atoms with Crippen molar-refractivity contribution in [2.24, 2.45) is 0 Å². The first-order valence-electron chi connectivity index (χ1n) is 4.38. The van der Waals surface area contributed by atoms with E-state index in [2.05, 4.69) is 0 Å². The Hall–Kier alpha value is -1.03. The van der Waals surface area contributed by atoms with Crippen molar-refractivity contribution < 1.29 is 9.53 Å². The van der Waals surface area contributed by atoms with Gasteiger partial charge in [0.25, 0.3) is 0 Å². The summed E-state index contributed by atoms with van der Waals surface area (Å²) in [5.74, 6) is 0. The summed E-state index contributed by atoms with van der Waals surface area (Å²) in [5, 5.41) is 2.85. The summed E-state index contributed by atoms with van der Waals surface area (Å²) in [6.07, 6.45) is -0.319. The molecule has 0 spiro atoms. The summed E-state index contributed by atoms with van der Waals surface area (Å²) in [4.78, 5) is 13.2. The fourth-order valence-electron chi connectivity index (χ4n) is 1.18. The third kappa shape index (κ3) is 2.26. The number of amides is 1. The Morgan fingerprint density at radius 2 is 2.14 bits per heavy atom. The lowest BCUT2D eigenvalue weighted by Crippen LogP contribution is -2.45. The van der Waals surface area contributed by atoms with Crippen molar-refractivity contribution in [3.8, 4) is 0 Å². The van der Waals surface area contributed by atoms with Crippen molar-refractivity contribution in [2.45, 2.75) is 26.3 Å². The number of anilines is 1. The average Bonchev–Trinajstić information content (AvgIpc) is 2.54. The van der Waals surface area contributed by atoms with Crippen LogP contribution in [-0.2, 0) is 4.74 Å². The van der Waals surface area contributed by atoms with Crippen molar-refractivity contribution in [3.63, 3.8) is 0 Å². The molecule has 0 unspecified atom stereocenters. The highest BCUT2D eigenvalue weighted by Gasteiger charge is 2.29. The average molecular weight is 213 g/mol. The summed E-state index contributed by atoms with van der Waals surface area (Å²) in [7, 11) is 1.40. The second-order valence-electron chi connectivity index (χ2n) is 3.93. The number of thiophene rings is 1. The van der Waals surface area contributed by atoms with Gasteiger partial charge in [0, 0.05) is 5.54 Å². The Bertz CT molecular complexity index is 300. The van der Waals surface area contributed by atoms with Gasteiger partial charge in [0.15, 0.2) is 0 Å². The second kappa shape index (κ2) is 4.00. The first-order chi connectivity index (χ1) is 6.46. The number of ether oxygens (including phenoxy) is 1. The molecular formula is C10H15NO2S. The predicted octanol–water partition coefficient (Wildman–Crippen LogP) is 3.12. The van der Waals surface area contributed by atoms with Gasteiger partial charge in [0.05, 0.1) is 7.11 Å². The molecular weight excluding hydrogens is 198 g/mol. The summed E-state index contributed by atoms with van der Waals surface area (Å²) in [6, 6.07) is 3.83. The SMILES string of the molecule is COC(=O)N(c1cccs1)C(C)(C)C. The Kier molecular flexibility index (Phi) is 3.16. The Morgan fingerprint density at radius 1 is 1.50 bits per heavy atom.